The van der Waals surface area contributed by atoms with Gasteiger partial charge in [0.2, 0.25) is 0 Å². The molecule has 1 atom stereocenters. The molecule has 0 aliphatic heterocycles. The predicted molar refractivity (Wildman–Crippen MR) is 87.6 cm³/mol. The first-order valence-electron chi connectivity index (χ1n) is 5.54. The largest absolute Gasteiger partial charge is 0.369 e. The first kappa shape index (κ1) is 15.7. The monoisotopic (exact) mass is 388 g/mol. The molecule has 0 saturated carbocycles. The van der Waals surface area contributed by atoms with Crippen LogP contribution in [0.1, 0.15) is 11.1 Å². The van der Waals surface area contributed by atoms with Crippen molar-refractivity contribution in [3.05, 3.63) is 68.7 Å². The molecule has 20 heavy (non-hydrogen) atoms. The van der Waals surface area contributed by atoms with Crippen LogP contribution in [0.4, 0.5) is 0 Å². The van der Waals surface area contributed by atoms with E-state index in [0.29, 0.717) is 26.2 Å². The molecule has 0 radical (unpaired) electrons. The zero-order valence-electron chi connectivity index (χ0n) is 10.0. The SMILES string of the molecule is OC(C#CBr)(c1ccccc1Cl)c1ccc(Cl)cc1Cl. The summed E-state index contributed by atoms with van der Waals surface area (Å²) in [6.07, 6.45) is 0. The molecular weight excluding hydrogens is 382 g/mol. The normalized spacial score (nSPS) is 13.2. The fraction of sp³-hybridized carbons (Fsp3) is 0.0667. The Bertz CT molecular complexity index is 706. The van der Waals surface area contributed by atoms with Gasteiger partial charge in [0.1, 0.15) is 0 Å². The number of halogens is 4. The molecule has 1 nitrogen and oxygen atoms in total. The Labute approximate surface area is 140 Å². The predicted octanol–water partition coefficient (Wildman–Crippen LogP) is 5.24. The van der Waals surface area contributed by atoms with Crippen LogP contribution < -0.4 is 0 Å². The smallest absolute Gasteiger partial charge is 0.180 e. The summed E-state index contributed by atoms with van der Waals surface area (Å²) in [6.45, 7) is 0. The van der Waals surface area contributed by atoms with Gasteiger partial charge < -0.3 is 5.11 Å². The second-order valence-electron chi connectivity index (χ2n) is 4.03. The molecule has 0 aliphatic carbocycles. The van der Waals surface area contributed by atoms with Gasteiger partial charge in [-0.1, -0.05) is 59.1 Å². The molecule has 0 fully saturated rings. The first-order valence-corrected chi connectivity index (χ1v) is 7.47. The molecule has 5 heteroatoms. The van der Waals surface area contributed by atoms with Gasteiger partial charge in [0, 0.05) is 42.1 Å². The van der Waals surface area contributed by atoms with Crippen LogP contribution >= 0.6 is 50.7 Å². The van der Waals surface area contributed by atoms with E-state index >= 15 is 0 Å². The maximum absolute atomic E-state index is 11.0. The standard InChI is InChI=1S/C15H8BrCl3O/c16-8-7-15(20,11-3-1-2-4-13(11)18)12-6-5-10(17)9-14(12)19/h1-6,9,20H. The maximum Gasteiger partial charge on any atom is 0.180 e. The second kappa shape index (κ2) is 6.39. The van der Waals surface area contributed by atoms with Crippen LogP contribution in [0.25, 0.3) is 0 Å². The summed E-state index contributed by atoms with van der Waals surface area (Å²) in [5.74, 6) is 2.70. The third-order valence-electron chi connectivity index (χ3n) is 2.81. The minimum Gasteiger partial charge on any atom is -0.369 e. The summed E-state index contributed by atoms with van der Waals surface area (Å²) >= 11 is 21.2. The zero-order chi connectivity index (χ0) is 14.8. The highest BCUT2D eigenvalue weighted by Gasteiger charge is 2.33. The van der Waals surface area contributed by atoms with Crippen molar-refractivity contribution in [1.29, 1.82) is 0 Å². The molecule has 0 heterocycles. The van der Waals surface area contributed by atoms with E-state index in [1.54, 1.807) is 42.5 Å². The number of rotatable bonds is 2. The highest BCUT2D eigenvalue weighted by Crippen LogP contribution is 2.38. The van der Waals surface area contributed by atoms with Crippen molar-refractivity contribution in [1.82, 2.24) is 0 Å². The summed E-state index contributed by atoms with van der Waals surface area (Å²) in [5.41, 5.74) is -0.745. The lowest BCUT2D eigenvalue weighted by Crippen LogP contribution is -2.26. The molecular formula is C15H8BrCl3O. The lowest BCUT2D eigenvalue weighted by Gasteiger charge is -2.25. The van der Waals surface area contributed by atoms with Crippen LogP contribution in [-0.2, 0) is 5.60 Å². The Hall–Kier alpha value is -0.690. The van der Waals surface area contributed by atoms with Crippen LogP contribution in [0.15, 0.2) is 42.5 Å². The molecule has 2 aromatic rings. The van der Waals surface area contributed by atoms with Gasteiger partial charge in [-0.2, -0.15) is 0 Å². The summed E-state index contributed by atoms with van der Waals surface area (Å²) in [5, 5.41) is 12.2. The van der Waals surface area contributed by atoms with Crippen molar-refractivity contribution >= 4 is 50.7 Å². The molecule has 0 bridgehead atoms. The molecule has 0 amide bonds. The Morgan fingerprint density at radius 1 is 0.950 bits per heavy atom. The molecule has 0 saturated heterocycles. The summed E-state index contributed by atoms with van der Waals surface area (Å²) in [7, 11) is 0. The van der Waals surface area contributed by atoms with Crippen LogP contribution in [0.2, 0.25) is 15.1 Å². The molecule has 2 rings (SSSR count). The van der Waals surface area contributed by atoms with E-state index < -0.39 is 5.60 Å². The van der Waals surface area contributed by atoms with Gasteiger partial charge in [-0.15, -0.1) is 0 Å². The Kier molecular flexibility index (Phi) is 5.01. The van der Waals surface area contributed by atoms with Gasteiger partial charge in [-0.3, -0.25) is 0 Å². The van der Waals surface area contributed by atoms with Gasteiger partial charge in [0.25, 0.3) is 0 Å². The number of hydrogen-bond acceptors (Lipinski definition) is 1. The minimum atomic E-state index is -1.62. The van der Waals surface area contributed by atoms with Crippen molar-refractivity contribution in [3.8, 4) is 10.8 Å². The van der Waals surface area contributed by atoms with E-state index in [1.165, 1.54) is 0 Å². The summed E-state index contributed by atoms with van der Waals surface area (Å²) < 4.78 is 0. The highest BCUT2D eigenvalue weighted by atomic mass is 79.9. The molecule has 0 spiro atoms. The molecule has 102 valence electrons. The average Bonchev–Trinajstić information content (AvgIpc) is 2.39. The van der Waals surface area contributed by atoms with E-state index in [4.69, 9.17) is 34.8 Å². The molecule has 0 aliphatic rings. The minimum absolute atomic E-state index is 0.315. The fourth-order valence-corrected chi connectivity index (χ4v) is 2.99. The fourth-order valence-electron chi connectivity index (χ4n) is 1.89. The van der Waals surface area contributed by atoms with Crippen LogP contribution in [0.3, 0.4) is 0 Å². The Morgan fingerprint density at radius 3 is 2.20 bits per heavy atom. The highest BCUT2D eigenvalue weighted by molar-refractivity contribution is 9.12. The van der Waals surface area contributed by atoms with E-state index in [-0.39, 0.29) is 0 Å². The van der Waals surface area contributed by atoms with E-state index in [1.807, 2.05) is 0 Å². The van der Waals surface area contributed by atoms with Crippen molar-refractivity contribution in [3.63, 3.8) is 0 Å². The molecule has 2 aromatic carbocycles. The maximum atomic E-state index is 11.0. The third-order valence-corrected chi connectivity index (χ3v) is 3.89. The lowest BCUT2D eigenvalue weighted by atomic mass is 9.87. The zero-order valence-corrected chi connectivity index (χ0v) is 13.9. The molecule has 0 aromatic heterocycles. The number of benzene rings is 2. The number of aliphatic hydroxyl groups is 1. The lowest BCUT2D eigenvalue weighted by molar-refractivity contribution is 0.145. The van der Waals surface area contributed by atoms with E-state index in [0.717, 1.165) is 0 Å². The second-order valence-corrected chi connectivity index (χ2v) is 5.68. The van der Waals surface area contributed by atoms with Crippen LogP contribution in [0, 0.1) is 10.8 Å². The van der Waals surface area contributed by atoms with Crippen LogP contribution in [-0.4, -0.2) is 5.11 Å². The quantitative estimate of drug-likeness (QED) is 0.696. The topological polar surface area (TPSA) is 20.2 Å². The van der Waals surface area contributed by atoms with Crippen molar-refractivity contribution in [2.45, 2.75) is 5.60 Å². The van der Waals surface area contributed by atoms with Gasteiger partial charge >= 0.3 is 0 Å². The number of hydrogen-bond donors (Lipinski definition) is 1. The van der Waals surface area contributed by atoms with Gasteiger partial charge in [0.15, 0.2) is 5.60 Å². The van der Waals surface area contributed by atoms with Gasteiger partial charge in [-0.25, -0.2) is 0 Å². The Balaban J connectivity index is 2.72. The van der Waals surface area contributed by atoms with Crippen molar-refractivity contribution in [2.75, 3.05) is 0 Å². The van der Waals surface area contributed by atoms with E-state index in [2.05, 4.69) is 26.7 Å². The van der Waals surface area contributed by atoms with Crippen LogP contribution in [0.5, 0.6) is 0 Å². The summed E-state index contributed by atoms with van der Waals surface area (Å²) in [6, 6.07) is 11.7. The van der Waals surface area contributed by atoms with Crippen molar-refractivity contribution < 1.29 is 5.11 Å². The molecule has 1 N–H and O–H groups in total. The third kappa shape index (κ3) is 2.98. The molecule has 1 unspecified atom stereocenters. The van der Waals surface area contributed by atoms with E-state index in [9.17, 15) is 5.11 Å². The first-order chi connectivity index (χ1) is 9.49. The van der Waals surface area contributed by atoms with Gasteiger partial charge in [0.05, 0.1) is 0 Å². The summed E-state index contributed by atoms with van der Waals surface area (Å²) in [4.78, 5) is 2.54. The van der Waals surface area contributed by atoms with Crippen molar-refractivity contribution in [2.24, 2.45) is 0 Å². The van der Waals surface area contributed by atoms with Gasteiger partial charge in [-0.05, 0) is 28.9 Å². The average molecular weight is 390 g/mol. The Morgan fingerprint density at radius 2 is 1.60 bits per heavy atom.